The Morgan fingerprint density at radius 3 is 1.61 bits per heavy atom. The van der Waals surface area contributed by atoms with Gasteiger partial charge in [-0.25, -0.2) is 0 Å². The van der Waals surface area contributed by atoms with Crippen LogP contribution in [-0.2, 0) is 0 Å². The average molecular weight is 250 g/mol. The molecule has 0 unspecified atom stereocenters. The summed E-state index contributed by atoms with van der Waals surface area (Å²) in [5.41, 5.74) is 1.22. The minimum absolute atomic E-state index is 0.609. The van der Waals surface area contributed by atoms with E-state index in [4.69, 9.17) is 0 Å². The van der Waals surface area contributed by atoms with Crippen LogP contribution in [-0.4, -0.2) is 8.07 Å². The van der Waals surface area contributed by atoms with Gasteiger partial charge in [-0.3, -0.25) is 0 Å². The maximum atomic E-state index is 2.51. The minimum Gasteiger partial charge on any atom is -0.0800 e. The first-order valence-corrected chi connectivity index (χ1v) is 9.23. The van der Waals surface area contributed by atoms with E-state index in [-0.39, 0.29) is 0 Å². The zero-order valence-electron chi connectivity index (χ0n) is 10.7. The molecule has 0 aromatic heterocycles. The van der Waals surface area contributed by atoms with E-state index >= 15 is 0 Å². The van der Waals surface area contributed by atoms with E-state index < -0.39 is 8.07 Å². The van der Waals surface area contributed by atoms with E-state index in [0.29, 0.717) is 11.1 Å². The summed E-state index contributed by atoms with van der Waals surface area (Å²) in [6.45, 7) is 2.51. The highest BCUT2D eigenvalue weighted by atomic mass is 28.3. The first-order valence-electron chi connectivity index (χ1n) is 6.57. The van der Waals surface area contributed by atoms with Gasteiger partial charge in [0.25, 0.3) is 0 Å². The van der Waals surface area contributed by atoms with Crippen molar-refractivity contribution in [3.63, 3.8) is 0 Å². The van der Waals surface area contributed by atoms with E-state index in [1.165, 1.54) is 0 Å². The monoisotopic (exact) mass is 250 g/mol. The van der Waals surface area contributed by atoms with Crippen molar-refractivity contribution in [3.8, 4) is 0 Å². The molecule has 2 aliphatic rings. The maximum Gasteiger partial charge on any atom is 0.105 e. The molecule has 0 heterocycles. The lowest BCUT2D eigenvalue weighted by atomic mass is 10.4. The molecule has 18 heavy (non-hydrogen) atoms. The fourth-order valence-electron chi connectivity index (χ4n) is 3.07. The van der Waals surface area contributed by atoms with Crippen molar-refractivity contribution in [2.75, 3.05) is 0 Å². The van der Waals surface area contributed by atoms with Crippen molar-refractivity contribution >= 4 is 13.3 Å². The molecule has 0 amide bonds. The fourth-order valence-corrected chi connectivity index (χ4v) is 7.24. The Morgan fingerprint density at radius 1 is 0.722 bits per heavy atom. The highest BCUT2D eigenvalue weighted by molar-refractivity contribution is 6.94. The molecule has 0 fully saturated rings. The SMILES string of the molecule is C[Si](c1ccccc1)(C1C=CC=C1)C1C=CC=C1. The smallest absolute Gasteiger partial charge is 0.0800 e. The largest absolute Gasteiger partial charge is 0.105 e. The molecule has 0 aliphatic heterocycles. The molecule has 2 aliphatic carbocycles. The Hall–Kier alpha value is -1.60. The first-order chi connectivity index (χ1) is 8.82. The third kappa shape index (κ3) is 1.75. The molecule has 0 N–H and O–H groups in total. The van der Waals surface area contributed by atoms with Gasteiger partial charge in [0.2, 0.25) is 0 Å². The Labute approximate surface area is 110 Å². The van der Waals surface area contributed by atoms with Gasteiger partial charge in [0, 0.05) is 0 Å². The van der Waals surface area contributed by atoms with Gasteiger partial charge in [-0.1, -0.05) is 90.7 Å². The van der Waals surface area contributed by atoms with Gasteiger partial charge in [0.05, 0.1) is 0 Å². The lowest BCUT2D eigenvalue weighted by Gasteiger charge is -2.36. The van der Waals surface area contributed by atoms with Crippen molar-refractivity contribution < 1.29 is 0 Å². The van der Waals surface area contributed by atoms with Gasteiger partial charge in [-0.05, 0) is 11.1 Å². The summed E-state index contributed by atoms with van der Waals surface area (Å²) < 4.78 is 0. The normalized spacial score (nSPS) is 19.2. The summed E-state index contributed by atoms with van der Waals surface area (Å²) in [5, 5.41) is 1.55. The molecular formula is C17H18Si. The second-order valence-electron chi connectivity index (χ2n) is 5.24. The lowest BCUT2D eigenvalue weighted by Crippen LogP contribution is -2.50. The van der Waals surface area contributed by atoms with Crippen LogP contribution in [0.2, 0.25) is 17.6 Å². The molecule has 3 rings (SSSR count). The number of benzene rings is 1. The molecule has 0 saturated carbocycles. The summed E-state index contributed by atoms with van der Waals surface area (Å²) in [5.74, 6) is 0. The van der Waals surface area contributed by atoms with Crippen molar-refractivity contribution in [3.05, 3.63) is 78.9 Å². The number of hydrogen-bond acceptors (Lipinski definition) is 0. The quantitative estimate of drug-likeness (QED) is 0.712. The fraction of sp³-hybridized carbons (Fsp3) is 0.176. The van der Waals surface area contributed by atoms with Crippen LogP contribution in [0.5, 0.6) is 0 Å². The topological polar surface area (TPSA) is 0 Å². The summed E-state index contributed by atoms with van der Waals surface area (Å²) >= 11 is 0. The van der Waals surface area contributed by atoms with Crippen LogP contribution >= 0.6 is 0 Å². The molecule has 0 saturated heterocycles. The summed E-state index contributed by atoms with van der Waals surface area (Å²) in [4.78, 5) is 0. The van der Waals surface area contributed by atoms with Gasteiger partial charge in [-0.15, -0.1) is 0 Å². The predicted molar refractivity (Wildman–Crippen MR) is 81.8 cm³/mol. The second-order valence-corrected chi connectivity index (χ2v) is 9.72. The summed E-state index contributed by atoms with van der Waals surface area (Å²) in [6, 6.07) is 11.1. The third-order valence-corrected chi connectivity index (χ3v) is 9.39. The lowest BCUT2D eigenvalue weighted by molar-refractivity contribution is 1.19. The van der Waals surface area contributed by atoms with Gasteiger partial charge < -0.3 is 0 Å². The van der Waals surface area contributed by atoms with Crippen LogP contribution in [0.25, 0.3) is 0 Å². The first kappa shape index (κ1) is 11.5. The molecule has 0 atom stereocenters. The van der Waals surface area contributed by atoms with E-state index in [1.54, 1.807) is 5.19 Å². The number of hydrogen-bond donors (Lipinski definition) is 0. The Balaban J connectivity index is 2.08. The Kier molecular flexibility index (Phi) is 2.92. The van der Waals surface area contributed by atoms with Crippen molar-refractivity contribution in [1.29, 1.82) is 0 Å². The van der Waals surface area contributed by atoms with Gasteiger partial charge >= 0.3 is 0 Å². The molecular weight excluding hydrogens is 232 g/mol. The Morgan fingerprint density at radius 2 is 1.17 bits per heavy atom. The van der Waals surface area contributed by atoms with Crippen molar-refractivity contribution in [1.82, 2.24) is 0 Å². The van der Waals surface area contributed by atoms with Crippen molar-refractivity contribution in [2.45, 2.75) is 17.6 Å². The molecule has 0 spiro atoms. The molecule has 1 heteroatoms. The van der Waals surface area contributed by atoms with Gasteiger partial charge in [0.1, 0.15) is 8.07 Å². The van der Waals surface area contributed by atoms with Gasteiger partial charge in [0.15, 0.2) is 0 Å². The molecule has 0 bridgehead atoms. The standard InChI is InChI=1S/C17H18Si/c1-18(16-11-5-6-12-16,17-13-7-8-14-17)15-9-3-2-4-10-15/h2-14,16-17H,1H3. The summed E-state index contributed by atoms with van der Waals surface area (Å²) in [7, 11) is -1.61. The summed E-state index contributed by atoms with van der Waals surface area (Å²) in [6.07, 6.45) is 18.3. The van der Waals surface area contributed by atoms with E-state index in [2.05, 4.69) is 85.5 Å². The van der Waals surface area contributed by atoms with Crippen LogP contribution in [0.1, 0.15) is 0 Å². The molecule has 1 aromatic carbocycles. The van der Waals surface area contributed by atoms with Crippen LogP contribution in [0.3, 0.4) is 0 Å². The third-order valence-electron chi connectivity index (χ3n) is 4.28. The van der Waals surface area contributed by atoms with E-state index in [9.17, 15) is 0 Å². The molecule has 0 nitrogen and oxygen atoms in total. The second kappa shape index (κ2) is 4.58. The van der Waals surface area contributed by atoms with Crippen LogP contribution in [0, 0.1) is 0 Å². The Bertz CT molecular complexity index is 482. The number of rotatable bonds is 3. The van der Waals surface area contributed by atoms with Crippen LogP contribution in [0.15, 0.2) is 78.9 Å². The zero-order chi connectivity index (χ0) is 12.4. The average Bonchev–Trinajstić information content (AvgIpc) is 3.12. The van der Waals surface area contributed by atoms with E-state index in [0.717, 1.165) is 0 Å². The minimum atomic E-state index is -1.61. The maximum absolute atomic E-state index is 2.51. The van der Waals surface area contributed by atoms with Crippen LogP contribution in [0.4, 0.5) is 0 Å². The highest BCUT2D eigenvalue weighted by Crippen LogP contribution is 2.40. The van der Waals surface area contributed by atoms with E-state index in [1.807, 2.05) is 0 Å². The molecule has 90 valence electrons. The molecule has 1 aromatic rings. The highest BCUT2D eigenvalue weighted by Gasteiger charge is 2.41. The van der Waals surface area contributed by atoms with Gasteiger partial charge in [-0.2, -0.15) is 0 Å². The van der Waals surface area contributed by atoms with Crippen LogP contribution < -0.4 is 5.19 Å². The molecule has 0 radical (unpaired) electrons. The zero-order valence-corrected chi connectivity index (χ0v) is 11.7. The predicted octanol–water partition coefficient (Wildman–Crippen LogP) is 3.96. The van der Waals surface area contributed by atoms with Crippen molar-refractivity contribution in [2.24, 2.45) is 0 Å². The number of allylic oxidation sites excluding steroid dienone is 8.